The van der Waals surface area contributed by atoms with E-state index in [0.717, 1.165) is 11.3 Å². The Hall–Kier alpha value is -2.61. The molecule has 0 aliphatic carbocycles. The van der Waals surface area contributed by atoms with Crippen molar-refractivity contribution in [1.82, 2.24) is 4.98 Å². The number of nitrogens with one attached hydrogen (secondary N) is 1. The van der Waals surface area contributed by atoms with Crippen LogP contribution in [0.15, 0.2) is 28.7 Å². The number of ether oxygens (including phenoxy) is 2. The van der Waals surface area contributed by atoms with E-state index in [4.69, 9.17) is 14.6 Å². The van der Waals surface area contributed by atoms with E-state index in [1.165, 1.54) is 18.4 Å². The van der Waals surface area contributed by atoms with Gasteiger partial charge in [-0.2, -0.15) is 5.10 Å². The molecule has 0 amide bonds. The van der Waals surface area contributed by atoms with Crippen LogP contribution < -0.4 is 14.9 Å². The number of carbonyl (C=O) groups is 1. The van der Waals surface area contributed by atoms with Crippen LogP contribution in [0.4, 0.5) is 5.13 Å². The number of carboxylic acids is 1. The van der Waals surface area contributed by atoms with E-state index in [-0.39, 0.29) is 0 Å². The molecule has 0 aliphatic rings. The van der Waals surface area contributed by atoms with Crippen molar-refractivity contribution >= 4 is 28.7 Å². The number of hydrogen-bond acceptors (Lipinski definition) is 7. The highest BCUT2D eigenvalue weighted by Crippen LogP contribution is 2.27. The van der Waals surface area contributed by atoms with Crippen LogP contribution in [-0.4, -0.2) is 36.0 Å². The van der Waals surface area contributed by atoms with Crippen molar-refractivity contribution in [3.05, 3.63) is 34.8 Å². The number of aryl methyl sites for hydroxylation is 1. The summed E-state index contributed by atoms with van der Waals surface area (Å²) in [5.41, 5.74) is 4.49. The zero-order valence-corrected chi connectivity index (χ0v) is 12.9. The van der Waals surface area contributed by atoms with Crippen LogP contribution in [0.5, 0.6) is 11.5 Å². The Morgan fingerprint density at radius 3 is 2.95 bits per heavy atom. The van der Waals surface area contributed by atoms with Gasteiger partial charge in [0.05, 0.1) is 19.0 Å². The van der Waals surface area contributed by atoms with E-state index in [0.29, 0.717) is 16.6 Å². The summed E-state index contributed by atoms with van der Waals surface area (Å²) in [6.07, 6.45) is 1.59. The molecule has 1 heterocycles. The Morgan fingerprint density at radius 1 is 1.50 bits per heavy atom. The maximum Gasteiger partial charge on any atom is 0.341 e. The van der Waals surface area contributed by atoms with Gasteiger partial charge in [0.25, 0.3) is 0 Å². The van der Waals surface area contributed by atoms with Gasteiger partial charge in [0.1, 0.15) is 0 Å². The number of anilines is 1. The molecule has 2 rings (SSSR count). The van der Waals surface area contributed by atoms with Crippen molar-refractivity contribution in [3.8, 4) is 11.5 Å². The Kier molecular flexibility index (Phi) is 5.31. The molecule has 0 unspecified atom stereocenters. The zero-order valence-electron chi connectivity index (χ0n) is 12.1. The molecule has 22 heavy (non-hydrogen) atoms. The van der Waals surface area contributed by atoms with Crippen LogP contribution in [-0.2, 0) is 4.79 Å². The summed E-state index contributed by atoms with van der Waals surface area (Å²) in [5, 5.41) is 15.4. The summed E-state index contributed by atoms with van der Waals surface area (Å²) >= 11 is 1.46. The smallest absolute Gasteiger partial charge is 0.341 e. The van der Waals surface area contributed by atoms with Crippen LogP contribution in [0.1, 0.15) is 11.3 Å². The number of aliphatic carboxylic acids is 1. The summed E-state index contributed by atoms with van der Waals surface area (Å²) < 4.78 is 10.3. The van der Waals surface area contributed by atoms with E-state index < -0.39 is 12.6 Å². The first-order valence-electron chi connectivity index (χ1n) is 6.32. The molecule has 2 N–H and O–H groups in total. The fourth-order valence-corrected chi connectivity index (χ4v) is 2.23. The normalized spacial score (nSPS) is 10.6. The first-order chi connectivity index (χ1) is 10.6. The summed E-state index contributed by atoms with van der Waals surface area (Å²) in [5.74, 6) is -0.247. The third kappa shape index (κ3) is 4.45. The maximum atomic E-state index is 10.6. The average molecular weight is 321 g/mol. The lowest BCUT2D eigenvalue weighted by Gasteiger charge is -2.09. The van der Waals surface area contributed by atoms with Crippen molar-refractivity contribution < 1.29 is 19.4 Å². The lowest BCUT2D eigenvalue weighted by Crippen LogP contribution is -2.10. The molecule has 0 fully saturated rings. The van der Waals surface area contributed by atoms with Gasteiger partial charge in [0.15, 0.2) is 18.1 Å². The zero-order chi connectivity index (χ0) is 15.9. The molecule has 2 aromatic rings. The second-order valence-electron chi connectivity index (χ2n) is 4.26. The van der Waals surface area contributed by atoms with E-state index in [1.54, 1.807) is 24.4 Å². The summed E-state index contributed by atoms with van der Waals surface area (Å²) in [7, 11) is 1.49. The van der Waals surface area contributed by atoms with Crippen LogP contribution >= 0.6 is 11.3 Å². The fraction of sp³-hybridized carbons (Fsp3) is 0.214. The Labute approximate surface area is 131 Å². The Bertz CT molecular complexity index is 684. The van der Waals surface area contributed by atoms with Crippen molar-refractivity contribution in [3.63, 3.8) is 0 Å². The minimum atomic E-state index is -1.05. The molecule has 8 heteroatoms. The minimum absolute atomic E-state index is 0.346. The fourth-order valence-electron chi connectivity index (χ4n) is 1.59. The van der Waals surface area contributed by atoms with Crippen LogP contribution in [0.2, 0.25) is 0 Å². The van der Waals surface area contributed by atoms with E-state index in [2.05, 4.69) is 15.5 Å². The number of hydrazone groups is 1. The molecule has 0 radical (unpaired) electrons. The first-order valence-corrected chi connectivity index (χ1v) is 7.20. The summed E-state index contributed by atoms with van der Waals surface area (Å²) in [6, 6.07) is 5.12. The Morgan fingerprint density at radius 2 is 2.32 bits per heavy atom. The largest absolute Gasteiger partial charge is 0.493 e. The molecular formula is C14H15N3O4S. The van der Waals surface area contributed by atoms with Gasteiger partial charge >= 0.3 is 5.97 Å². The lowest BCUT2D eigenvalue weighted by molar-refractivity contribution is -0.139. The van der Waals surface area contributed by atoms with Crippen molar-refractivity contribution in [2.75, 3.05) is 19.1 Å². The average Bonchev–Trinajstić information content (AvgIpc) is 2.91. The number of carboxylic acid groups (broad SMARTS) is 1. The number of thiazole rings is 1. The van der Waals surface area contributed by atoms with Crippen molar-refractivity contribution in [2.24, 2.45) is 5.10 Å². The summed E-state index contributed by atoms with van der Waals surface area (Å²) in [6.45, 7) is 1.47. The number of rotatable bonds is 7. The topological polar surface area (TPSA) is 93.0 Å². The molecule has 7 nitrogen and oxygen atoms in total. The van der Waals surface area contributed by atoms with Crippen LogP contribution in [0.3, 0.4) is 0 Å². The van der Waals surface area contributed by atoms with Gasteiger partial charge in [-0.1, -0.05) is 0 Å². The molecule has 116 valence electrons. The van der Waals surface area contributed by atoms with Gasteiger partial charge < -0.3 is 14.6 Å². The Balaban J connectivity index is 2.06. The van der Waals surface area contributed by atoms with Crippen LogP contribution in [0, 0.1) is 6.92 Å². The quantitative estimate of drug-likeness (QED) is 0.601. The molecule has 1 aromatic heterocycles. The second kappa shape index (κ2) is 7.41. The predicted molar refractivity (Wildman–Crippen MR) is 84.2 cm³/mol. The second-order valence-corrected chi connectivity index (χ2v) is 5.11. The highest BCUT2D eigenvalue weighted by molar-refractivity contribution is 7.13. The molecule has 0 spiro atoms. The maximum absolute atomic E-state index is 10.6. The van der Waals surface area contributed by atoms with Gasteiger partial charge in [-0.3, -0.25) is 5.43 Å². The molecule has 0 atom stereocenters. The molecule has 0 aliphatic heterocycles. The number of nitrogens with zero attached hydrogens (tertiary/aromatic N) is 2. The van der Waals surface area contributed by atoms with Gasteiger partial charge in [0, 0.05) is 5.38 Å². The molecule has 0 bridgehead atoms. The standard InChI is InChI=1S/C14H15N3O4S/c1-9-8-22-14(16-9)17-15-6-10-3-4-11(20-2)12(5-10)21-7-13(18)19/h3-6,8H,7H2,1-2H3,(H,16,17)(H,18,19). The van der Waals surface area contributed by atoms with Gasteiger partial charge in [-0.25, -0.2) is 9.78 Å². The molecule has 0 saturated heterocycles. The molecule has 1 aromatic carbocycles. The monoisotopic (exact) mass is 321 g/mol. The number of benzene rings is 1. The van der Waals surface area contributed by atoms with Gasteiger partial charge in [0.2, 0.25) is 5.13 Å². The van der Waals surface area contributed by atoms with E-state index >= 15 is 0 Å². The van der Waals surface area contributed by atoms with Crippen LogP contribution in [0.25, 0.3) is 0 Å². The lowest BCUT2D eigenvalue weighted by atomic mass is 10.2. The van der Waals surface area contributed by atoms with E-state index in [1.807, 2.05) is 12.3 Å². The SMILES string of the molecule is COc1ccc(C=NNc2nc(C)cs2)cc1OCC(=O)O. The number of aromatic nitrogens is 1. The highest BCUT2D eigenvalue weighted by atomic mass is 32.1. The number of methoxy groups -OCH3 is 1. The van der Waals surface area contributed by atoms with Crippen molar-refractivity contribution in [1.29, 1.82) is 0 Å². The first kappa shape index (κ1) is 15.8. The molecular weight excluding hydrogens is 306 g/mol. The predicted octanol–water partition coefficient (Wildman–Crippen LogP) is 2.37. The van der Waals surface area contributed by atoms with Gasteiger partial charge in [-0.15, -0.1) is 11.3 Å². The third-order valence-electron chi connectivity index (χ3n) is 2.53. The third-order valence-corrected chi connectivity index (χ3v) is 3.40. The van der Waals surface area contributed by atoms with E-state index in [9.17, 15) is 4.79 Å². The van der Waals surface area contributed by atoms with Gasteiger partial charge in [-0.05, 0) is 30.7 Å². The molecule has 0 saturated carbocycles. The number of hydrogen-bond donors (Lipinski definition) is 2. The summed E-state index contributed by atoms with van der Waals surface area (Å²) in [4.78, 5) is 14.8. The van der Waals surface area contributed by atoms with Crippen molar-refractivity contribution in [2.45, 2.75) is 6.92 Å². The minimum Gasteiger partial charge on any atom is -0.493 e. The highest BCUT2D eigenvalue weighted by Gasteiger charge is 2.07.